The molecular formula is C17H13BrN2O. The van der Waals surface area contributed by atoms with E-state index in [2.05, 4.69) is 21.2 Å². The van der Waals surface area contributed by atoms with Crippen LogP contribution >= 0.6 is 15.9 Å². The zero-order valence-corrected chi connectivity index (χ0v) is 13.0. The van der Waals surface area contributed by atoms with Crippen LogP contribution in [0.3, 0.4) is 0 Å². The number of nitrogens with one attached hydrogen (secondary N) is 1. The van der Waals surface area contributed by atoms with E-state index >= 15 is 0 Å². The molecule has 0 radical (unpaired) electrons. The number of nitrogens with zero attached hydrogens (tertiary/aromatic N) is 1. The SMILES string of the molecule is Cc1cccc(NC(=O)C(C#N)=Cc2ccc(Br)cc2)c1. The summed E-state index contributed by atoms with van der Waals surface area (Å²) < 4.78 is 0.947. The molecule has 0 spiro atoms. The lowest BCUT2D eigenvalue weighted by Gasteiger charge is -2.05. The smallest absolute Gasteiger partial charge is 0.266 e. The molecule has 0 aromatic heterocycles. The van der Waals surface area contributed by atoms with Crippen molar-refractivity contribution in [2.75, 3.05) is 5.32 Å². The fraction of sp³-hybridized carbons (Fsp3) is 0.0588. The van der Waals surface area contributed by atoms with Crippen molar-refractivity contribution in [2.24, 2.45) is 0 Å². The normalized spacial score (nSPS) is 10.8. The van der Waals surface area contributed by atoms with Gasteiger partial charge in [0.25, 0.3) is 5.91 Å². The van der Waals surface area contributed by atoms with Crippen LogP contribution in [0.2, 0.25) is 0 Å². The molecule has 2 aromatic rings. The first kappa shape index (κ1) is 15.0. The van der Waals surface area contributed by atoms with Gasteiger partial charge in [-0.15, -0.1) is 0 Å². The van der Waals surface area contributed by atoms with Crippen LogP contribution in [0.5, 0.6) is 0 Å². The number of amides is 1. The summed E-state index contributed by atoms with van der Waals surface area (Å²) in [5, 5.41) is 11.9. The number of rotatable bonds is 3. The van der Waals surface area contributed by atoms with Crippen LogP contribution in [0.1, 0.15) is 11.1 Å². The molecule has 0 saturated heterocycles. The van der Waals surface area contributed by atoms with Crippen LogP contribution in [0, 0.1) is 18.3 Å². The third-order valence-electron chi connectivity index (χ3n) is 2.82. The highest BCUT2D eigenvalue weighted by Gasteiger charge is 2.09. The van der Waals surface area contributed by atoms with E-state index in [9.17, 15) is 4.79 Å². The fourth-order valence-electron chi connectivity index (χ4n) is 1.80. The summed E-state index contributed by atoms with van der Waals surface area (Å²) >= 11 is 3.34. The lowest BCUT2D eigenvalue weighted by molar-refractivity contribution is -0.112. The lowest BCUT2D eigenvalue weighted by atomic mass is 10.1. The van der Waals surface area contributed by atoms with Crippen LogP contribution in [0.25, 0.3) is 6.08 Å². The molecule has 2 rings (SSSR count). The zero-order valence-electron chi connectivity index (χ0n) is 11.4. The van der Waals surface area contributed by atoms with E-state index in [1.54, 1.807) is 12.1 Å². The van der Waals surface area contributed by atoms with Crippen molar-refractivity contribution >= 4 is 33.6 Å². The summed E-state index contributed by atoms with van der Waals surface area (Å²) in [5.41, 5.74) is 2.59. The number of aryl methyl sites for hydroxylation is 1. The zero-order chi connectivity index (χ0) is 15.2. The molecular weight excluding hydrogens is 328 g/mol. The highest BCUT2D eigenvalue weighted by molar-refractivity contribution is 9.10. The van der Waals surface area contributed by atoms with Gasteiger partial charge in [-0.1, -0.05) is 40.2 Å². The number of carbonyl (C=O) groups is 1. The summed E-state index contributed by atoms with van der Waals surface area (Å²) in [4.78, 5) is 12.1. The van der Waals surface area contributed by atoms with Crippen molar-refractivity contribution in [1.82, 2.24) is 0 Å². The molecule has 0 aliphatic heterocycles. The van der Waals surface area contributed by atoms with Gasteiger partial charge in [0, 0.05) is 10.2 Å². The van der Waals surface area contributed by atoms with E-state index < -0.39 is 5.91 Å². The molecule has 0 unspecified atom stereocenters. The molecule has 104 valence electrons. The molecule has 21 heavy (non-hydrogen) atoms. The number of hydrogen-bond acceptors (Lipinski definition) is 2. The molecule has 0 heterocycles. The van der Waals surface area contributed by atoms with Crippen LogP contribution in [0.4, 0.5) is 5.69 Å². The number of halogens is 1. The predicted octanol–water partition coefficient (Wildman–Crippen LogP) is 4.30. The second kappa shape index (κ2) is 6.87. The maximum atomic E-state index is 12.1. The third-order valence-corrected chi connectivity index (χ3v) is 3.35. The Bertz CT molecular complexity index is 727. The van der Waals surface area contributed by atoms with Gasteiger partial charge in [-0.3, -0.25) is 4.79 Å². The molecule has 1 N–H and O–H groups in total. The first-order valence-electron chi connectivity index (χ1n) is 6.34. The Balaban J connectivity index is 2.19. The largest absolute Gasteiger partial charge is 0.321 e. The topological polar surface area (TPSA) is 52.9 Å². The highest BCUT2D eigenvalue weighted by atomic mass is 79.9. The Morgan fingerprint density at radius 3 is 2.57 bits per heavy atom. The molecule has 0 aliphatic rings. The van der Waals surface area contributed by atoms with Gasteiger partial charge < -0.3 is 5.32 Å². The molecule has 0 atom stereocenters. The average Bonchev–Trinajstić information content (AvgIpc) is 2.46. The fourth-order valence-corrected chi connectivity index (χ4v) is 2.06. The van der Waals surface area contributed by atoms with Gasteiger partial charge in [0.1, 0.15) is 11.6 Å². The minimum atomic E-state index is -0.411. The number of nitriles is 1. The standard InChI is InChI=1S/C17H13BrN2O/c1-12-3-2-4-16(9-12)20-17(21)14(11-19)10-13-5-7-15(18)8-6-13/h2-10H,1H3,(H,20,21). The number of benzene rings is 2. The minimum absolute atomic E-state index is 0.0684. The quantitative estimate of drug-likeness (QED) is 0.668. The molecule has 0 aliphatic carbocycles. The Kier molecular flexibility index (Phi) is 4.91. The minimum Gasteiger partial charge on any atom is -0.321 e. The summed E-state index contributed by atoms with van der Waals surface area (Å²) in [6.07, 6.45) is 1.57. The van der Waals surface area contributed by atoms with Gasteiger partial charge in [-0.05, 0) is 48.4 Å². The van der Waals surface area contributed by atoms with E-state index in [0.717, 1.165) is 15.6 Å². The summed E-state index contributed by atoms with van der Waals surface area (Å²) in [7, 11) is 0. The van der Waals surface area contributed by atoms with Crippen molar-refractivity contribution in [2.45, 2.75) is 6.92 Å². The van der Waals surface area contributed by atoms with E-state index in [4.69, 9.17) is 5.26 Å². The molecule has 1 amide bonds. The average molecular weight is 341 g/mol. The van der Waals surface area contributed by atoms with Crippen molar-refractivity contribution in [3.63, 3.8) is 0 Å². The second-order valence-electron chi connectivity index (χ2n) is 4.54. The van der Waals surface area contributed by atoms with Gasteiger partial charge >= 0.3 is 0 Å². The summed E-state index contributed by atoms with van der Waals surface area (Å²) in [6, 6.07) is 16.8. The molecule has 2 aromatic carbocycles. The lowest BCUT2D eigenvalue weighted by Crippen LogP contribution is -2.13. The van der Waals surface area contributed by atoms with E-state index in [0.29, 0.717) is 5.69 Å². The van der Waals surface area contributed by atoms with Crippen LogP contribution in [-0.4, -0.2) is 5.91 Å². The number of anilines is 1. The van der Waals surface area contributed by atoms with Crippen molar-refractivity contribution < 1.29 is 4.79 Å². The van der Waals surface area contributed by atoms with Crippen LogP contribution in [-0.2, 0) is 4.79 Å². The predicted molar refractivity (Wildman–Crippen MR) is 87.5 cm³/mol. The van der Waals surface area contributed by atoms with Crippen LogP contribution < -0.4 is 5.32 Å². The summed E-state index contributed by atoms with van der Waals surface area (Å²) in [5.74, 6) is -0.411. The van der Waals surface area contributed by atoms with Gasteiger partial charge in [-0.25, -0.2) is 0 Å². The molecule has 0 bridgehead atoms. The van der Waals surface area contributed by atoms with Gasteiger partial charge in [0.2, 0.25) is 0 Å². The van der Waals surface area contributed by atoms with Crippen molar-refractivity contribution in [3.05, 3.63) is 69.7 Å². The van der Waals surface area contributed by atoms with E-state index in [-0.39, 0.29) is 5.57 Å². The Labute approximate surface area is 132 Å². The maximum Gasteiger partial charge on any atom is 0.266 e. The van der Waals surface area contributed by atoms with Crippen molar-refractivity contribution in [1.29, 1.82) is 5.26 Å². The maximum absolute atomic E-state index is 12.1. The third kappa shape index (κ3) is 4.30. The number of hydrogen-bond donors (Lipinski definition) is 1. The number of carbonyl (C=O) groups excluding carboxylic acids is 1. The van der Waals surface area contributed by atoms with Crippen molar-refractivity contribution in [3.8, 4) is 6.07 Å². The first-order chi connectivity index (χ1) is 10.1. The van der Waals surface area contributed by atoms with E-state index in [1.165, 1.54) is 0 Å². The molecule has 0 fully saturated rings. The van der Waals surface area contributed by atoms with Gasteiger partial charge in [0.05, 0.1) is 0 Å². The molecule has 3 nitrogen and oxygen atoms in total. The van der Waals surface area contributed by atoms with E-state index in [1.807, 2.05) is 55.5 Å². The first-order valence-corrected chi connectivity index (χ1v) is 7.13. The Hall–Kier alpha value is -2.38. The Morgan fingerprint density at radius 2 is 1.95 bits per heavy atom. The van der Waals surface area contributed by atoms with Crippen LogP contribution in [0.15, 0.2) is 58.6 Å². The monoisotopic (exact) mass is 340 g/mol. The van der Waals surface area contributed by atoms with Gasteiger partial charge in [0.15, 0.2) is 0 Å². The Morgan fingerprint density at radius 1 is 1.24 bits per heavy atom. The second-order valence-corrected chi connectivity index (χ2v) is 5.46. The van der Waals surface area contributed by atoms with Gasteiger partial charge in [-0.2, -0.15) is 5.26 Å². The molecule has 4 heteroatoms. The molecule has 0 saturated carbocycles. The summed E-state index contributed by atoms with van der Waals surface area (Å²) in [6.45, 7) is 1.94. The highest BCUT2D eigenvalue weighted by Crippen LogP contribution is 2.15.